The number of phenols is 1. The Morgan fingerprint density at radius 2 is 2.05 bits per heavy atom. The summed E-state index contributed by atoms with van der Waals surface area (Å²) in [5, 5.41) is 10.0. The van der Waals surface area contributed by atoms with Crippen molar-refractivity contribution in [1.82, 2.24) is 14.9 Å². The Hall–Kier alpha value is -2.14. The minimum absolute atomic E-state index is 0.104. The van der Waals surface area contributed by atoms with E-state index < -0.39 is 0 Å². The van der Waals surface area contributed by atoms with Crippen molar-refractivity contribution in [2.75, 3.05) is 7.05 Å². The quantitative estimate of drug-likeness (QED) is 0.939. The molecule has 1 heterocycles. The molecule has 0 atom stereocenters. The Labute approximate surface area is 134 Å². The average molecular weight is 320 g/mol. The molecule has 0 unspecified atom stereocenters. The van der Waals surface area contributed by atoms with E-state index in [0.717, 1.165) is 0 Å². The van der Waals surface area contributed by atoms with E-state index in [1.54, 1.807) is 25.2 Å². The summed E-state index contributed by atoms with van der Waals surface area (Å²) in [4.78, 5) is 22.4. The molecule has 1 aromatic heterocycles. The topological polar surface area (TPSA) is 66.3 Å². The van der Waals surface area contributed by atoms with Gasteiger partial charge in [0.25, 0.3) is 5.91 Å². The third kappa shape index (κ3) is 3.54. The lowest BCUT2D eigenvalue weighted by Crippen LogP contribution is -2.28. The van der Waals surface area contributed by atoms with Crippen LogP contribution in [0.4, 0.5) is 0 Å². The van der Waals surface area contributed by atoms with Gasteiger partial charge >= 0.3 is 0 Å². The lowest BCUT2D eigenvalue weighted by Gasteiger charge is -2.18. The fraction of sp³-hybridized carbons (Fsp3) is 0.312. The highest BCUT2D eigenvalue weighted by Gasteiger charge is 2.20. The zero-order valence-corrected chi connectivity index (χ0v) is 13.5. The number of halogens is 1. The van der Waals surface area contributed by atoms with E-state index in [2.05, 4.69) is 9.97 Å². The molecule has 22 heavy (non-hydrogen) atoms. The van der Waals surface area contributed by atoms with Crippen LogP contribution in [0.25, 0.3) is 0 Å². The molecule has 116 valence electrons. The Kier molecular flexibility index (Phi) is 4.98. The van der Waals surface area contributed by atoms with Crippen LogP contribution in [0.5, 0.6) is 5.75 Å². The maximum absolute atomic E-state index is 12.5. The van der Waals surface area contributed by atoms with Crippen molar-refractivity contribution < 1.29 is 9.90 Å². The van der Waals surface area contributed by atoms with Crippen molar-refractivity contribution in [3.8, 4) is 5.75 Å². The Balaban J connectivity index is 2.24. The van der Waals surface area contributed by atoms with Gasteiger partial charge in [-0.2, -0.15) is 0 Å². The number of rotatable bonds is 4. The van der Waals surface area contributed by atoms with Gasteiger partial charge in [0.2, 0.25) is 0 Å². The van der Waals surface area contributed by atoms with Crippen molar-refractivity contribution in [1.29, 1.82) is 0 Å². The first-order valence-electron chi connectivity index (χ1n) is 6.95. The summed E-state index contributed by atoms with van der Waals surface area (Å²) in [7, 11) is 1.64. The first-order chi connectivity index (χ1) is 10.4. The Morgan fingerprint density at radius 1 is 1.36 bits per heavy atom. The average Bonchev–Trinajstić information content (AvgIpc) is 2.49. The molecule has 0 bridgehead atoms. The summed E-state index contributed by atoms with van der Waals surface area (Å²) in [6, 6.07) is 6.89. The fourth-order valence-corrected chi connectivity index (χ4v) is 2.13. The van der Waals surface area contributed by atoms with Gasteiger partial charge in [0.05, 0.1) is 11.2 Å². The summed E-state index contributed by atoms with van der Waals surface area (Å²) in [5.74, 6) is 0.521. The lowest BCUT2D eigenvalue weighted by atomic mass is 10.2. The molecule has 1 amide bonds. The molecule has 1 N–H and O–H groups in total. The van der Waals surface area contributed by atoms with Gasteiger partial charge in [-0.1, -0.05) is 43.6 Å². The maximum Gasteiger partial charge on any atom is 0.274 e. The lowest BCUT2D eigenvalue weighted by molar-refractivity contribution is 0.0778. The van der Waals surface area contributed by atoms with Crippen LogP contribution >= 0.6 is 11.6 Å². The third-order valence-corrected chi connectivity index (χ3v) is 3.50. The molecule has 2 aromatic rings. The van der Waals surface area contributed by atoms with Crippen LogP contribution in [-0.2, 0) is 6.54 Å². The van der Waals surface area contributed by atoms with Gasteiger partial charge in [-0.15, -0.1) is 0 Å². The van der Waals surface area contributed by atoms with Crippen LogP contribution < -0.4 is 0 Å². The molecule has 1 aromatic carbocycles. The summed E-state index contributed by atoms with van der Waals surface area (Å²) < 4.78 is 0. The standard InChI is InChI=1S/C16H18ClN3O2/c1-10(2)15-18-8-12(17)14(19-15)16(22)20(3)9-11-6-4-5-7-13(11)21/h4-8,10,21H,9H2,1-3H3. The molecular formula is C16H18ClN3O2. The molecule has 0 radical (unpaired) electrons. The fourth-order valence-electron chi connectivity index (χ4n) is 1.96. The molecule has 0 aliphatic heterocycles. The van der Waals surface area contributed by atoms with Crippen molar-refractivity contribution in [2.24, 2.45) is 0 Å². The number of para-hydroxylation sites is 1. The largest absolute Gasteiger partial charge is 0.508 e. The number of carbonyl (C=O) groups is 1. The Bertz CT molecular complexity index is 689. The van der Waals surface area contributed by atoms with E-state index in [0.29, 0.717) is 11.4 Å². The maximum atomic E-state index is 12.5. The number of phenolic OH excluding ortho intramolecular Hbond substituents is 1. The number of aromatic hydroxyl groups is 1. The molecule has 6 heteroatoms. The van der Waals surface area contributed by atoms with Crippen LogP contribution in [0.15, 0.2) is 30.5 Å². The van der Waals surface area contributed by atoms with Gasteiger partial charge in [0.1, 0.15) is 11.6 Å². The van der Waals surface area contributed by atoms with E-state index >= 15 is 0 Å². The zero-order valence-electron chi connectivity index (χ0n) is 12.7. The SMILES string of the molecule is CC(C)c1ncc(Cl)c(C(=O)N(C)Cc2ccccc2O)n1. The van der Waals surface area contributed by atoms with Crippen LogP contribution in [0.2, 0.25) is 5.02 Å². The first kappa shape index (κ1) is 16.2. The highest BCUT2D eigenvalue weighted by atomic mass is 35.5. The molecular weight excluding hydrogens is 302 g/mol. The van der Waals surface area contributed by atoms with Gasteiger partial charge in [-0.05, 0) is 6.07 Å². The molecule has 2 rings (SSSR count). The normalized spacial score (nSPS) is 10.8. The number of benzene rings is 1. The second-order valence-electron chi connectivity index (χ2n) is 5.37. The summed E-state index contributed by atoms with van der Waals surface area (Å²) in [5.41, 5.74) is 0.839. The summed E-state index contributed by atoms with van der Waals surface area (Å²) in [6.07, 6.45) is 1.45. The van der Waals surface area contributed by atoms with Gasteiger partial charge in [-0.25, -0.2) is 9.97 Å². The number of nitrogens with zero attached hydrogens (tertiary/aromatic N) is 3. The van der Waals surface area contributed by atoms with Crippen molar-refractivity contribution in [3.05, 3.63) is 52.6 Å². The third-order valence-electron chi connectivity index (χ3n) is 3.23. The minimum Gasteiger partial charge on any atom is -0.508 e. The van der Waals surface area contributed by atoms with Crippen molar-refractivity contribution >= 4 is 17.5 Å². The highest BCUT2D eigenvalue weighted by molar-refractivity contribution is 6.33. The molecule has 0 saturated heterocycles. The van der Waals surface area contributed by atoms with E-state index in [1.165, 1.54) is 11.1 Å². The monoisotopic (exact) mass is 319 g/mol. The van der Waals surface area contributed by atoms with Gasteiger partial charge in [0, 0.05) is 25.1 Å². The second kappa shape index (κ2) is 6.75. The van der Waals surface area contributed by atoms with E-state index in [1.807, 2.05) is 19.9 Å². The predicted octanol–water partition coefficient (Wildman–Crippen LogP) is 3.23. The molecule has 0 saturated carbocycles. The van der Waals surface area contributed by atoms with Gasteiger partial charge in [0.15, 0.2) is 5.69 Å². The molecule has 0 spiro atoms. The predicted molar refractivity (Wildman–Crippen MR) is 85.0 cm³/mol. The van der Waals surface area contributed by atoms with Crippen LogP contribution in [0.1, 0.15) is 41.6 Å². The number of amides is 1. The van der Waals surface area contributed by atoms with Crippen molar-refractivity contribution in [2.45, 2.75) is 26.3 Å². The van der Waals surface area contributed by atoms with Crippen molar-refractivity contribution in [3.63, 3.8) is 0 Å². The van der Waals surface area contributed by atoms with E-state index in [-0.39, 0.29) is 34.8 Å². The molecule has 0 fully saturated rings. The molecule has 0 aliphatic carbocycles. The smallest absolute Gasteiger partial charge is 0.274 e. The van der Waals surface area contributed by atoms with Crippen LogP contribution in [0, 0.1) is 0 Å². The van der Waals surface area contributed by atoms with Gasteiger partial charge in [-0.3, -0.25) is 4.79 Å². The molecule has 5 nitrogen and oxygen atoms in total. The number of hydrogen-bond donors (Lipinski definition) is 1. The summed E-state index contributed by atoms with van der Waals surface area (Å²) in [6.45, 7) is 4.16. The molecule has 0 aliphatic rings. The second-order valence-corrected chi connectivity index (χ2v) is 5.78. The van der Waals surface area contributed by atoms with Gasteiger partial charge < -0.3 is 10.0 Å². The van der Waals surface area contributed by atoms with Crippen LogP contribution in [0.3, 0.4) is 0 Å². The Morgan fingerprint density at radius 3 is 2.68 bits per heavy atom. The number of hydrogen-bond acceptors (Lipinski definition) is 4. The minimum atomic E-state index is -0.308. The highest BCUT2D eigenvalue weighted by Crippen LogP contribution is 2.21. The number of aromatic nitrogens is 2. The van der Waals surface area contributed by atoms with Crippen LogP contribution in [-0.4, -0.2) is 32.9 Å². The zero-order chi connectivity index (χ0) is 16.3. The first-order valence-corrected chi connectivity index (χ1v) is 7.32. The summed E-state index contributed by atoms with van der Waals surface area (Å²) >= 11 is 6.05. The van der Waals surface area contributed by atoms with E-state index in [4.69, 9.17) is 11.6 Å². The van der Waals surface area contributed by atoms with E-state index in [9.17, 15) is 9.90 Å². The number of carbonyl (C=O) groups excluding carboxylic acids is 1.